The van der Waals surface area contributed by atoms with Gasteiger partial charge in [0.05, 0.1) is 5.69 Å². The zero-order valence-electron chi connectivity index (χ0n) is 12.6. The van der Waals surface area contributed by atoms with E-state index in [-0.39, 0.29) is 11.7 Å². The number of aromatic nitrogens is 1. The molecule has 0 unspecified atom stereocenters. The van der Waals surface area contributed by atoms with Crippen LogP contribution in [-0.4, -0.2) is 10.9 Å². The Morgan fingerprint density at radius 1 is 1.08 bits per heavy atom. The number of anilines is 3. The Labute approximate surface area is 147 Å². The molecule has 0 bridgehead atoms. The Morgan fingerprint density at radius 2 is 1.71 bits per heavy atom. The summed E-state index contributed by atoms with van der Waals surface area (Å²) in [4.78, 5) is 17.2. The van der Waals surface area contributed by atoms with Crippen molar-refractivity contribution in [2.24, 2.45) is 0 Å². The average molecular weight is 362 g/mol. The molecule has 0 aliphatic rings. The Bertz CT molecular complexity index is 863. The standard InChI is InChI=1S/C17H13ClFN3OS/c1-10-15(16(23)21-13-6-2-11(18)3-7-13)24-17(20-10)22-14-8-4-12(19)5-9-14/h2-9H,1H3,(H,20,22)(H,21,23). The van der Waals surface area contributed by atoms with Crippen LogP contribution in [0.15, 0.2) is 48.5 Å². The van der Waals surface area contributed by atoms with E-state index in [4.69, 9.17) is 11.6 Å². The minimum absolute atomic E-state index is 0.237. The second-order valence-electron chi connectivity index (χ2n) is 5.03. The lowest BCUT2D eigenvalue weighted by Gasteiger charge is -2.03. The Kier molecular flexibility index (Phi) is 4.78. The quantitative estimate of drug-likeness (QED) is 0.668. The third kappa shape index (κ3) is 3.90. The zero-order chi connectivity index (χ0) is 17.1. The first-order valence-electron chi connectivity index (χ1n) is 7.08. The summed E-state index contributed by atoms with van der Waals surface area (Å²) in [6, 6.07) is 12.8. The number of nitrogens with one attached hydrogen (secondary N) is 2. The van der Waals surface area contributed by atoms with Gasteiger partial charge in [-0.2, -0.15) is 0 Å². The van der Waals surface area contributed by atoms with E-state index in [0.717, 1.165) is 0 Å². The number of carbonyl (C=O) groups excluding carboxylic acids is 1. The molecule has 0 saturated heterocycles. The molecular weight excluding hydrogens is 349 g/mol. The Morgan fingerprint density at radius 3 is 2.38 bits per heavy atom. The predicted molar refractivity (Wildman–Crippen MR) is 95.9 cm³/mol. The summed E-state index contributed by atoms with van der Waals surface area (Å²) in [5, 5.41) is 7.04. The summed E-state index contributed by atoms with van der Waals surface area (Å²) < 4.78 is 12.9. The van der Waals surface area contributed by atoms with E-state index < -0.39 is 0 Å². The lowest BCUT2D eigenvalue weighted by atomic mass is 10.3. The van der Waals surface area contributed by atoms with E-state index in [2.05, 4.69) is 15.6 Å². The summed E-state index contributed by atoms with van der Waals surface area (Å²) in [6.07, 6.45) is 0. The lowest BCUT2D eigenvalue weighted by molar-refractivity contribution is 0.103. The van der Waals surface area contributed by atoms with Gasteiger partial charge in [-0.1, -0.05) is 22.9 Å². The first-order chi connectivity index (χ1) is 11.5. The molecule has 2 aromatic carbocycles. The van der Waals surface area contributed by atoms with E-state index in [1.165, 1.54) is 23.5 Å². The van der Waals surface area contributed by atoms with Gasteiger partial charge in [0, 0.05) is 16.4 Å². The van der Waals surface area contributed by atoms with Crippen molar-refractivity contribution in [2.45, 2.75) is 6.92 Å². The maximum Gasteiger partial charge on any atom is 0.267 e. The van der Waals surface area contributed by atoms with E-state index in [1.54, 1.807) is 43.3 Å². The minimum atomic E-state index is -0.307. The van der Waals surface area contributed by atoms with Crippen molar-refractivity contribution in [2.75, 3.05) is 10.6 Å². The SMILES string of the molecule is Cc1nc(Nc2ccc(F)cc2)sc1C(=O)Nc1ccc(Cl)cc1. The summed E-state index contributed by atoms with van der Waals surface area (Å²) in [7, 11) is 0. The second-order valence-corrected chi connectivity index (χ2v) is 6.46. The summed E-state index contributed by atoms with van der Waals surface area (Å²) in [6.45, 7) is 1.77. The number of carbonyl (C=O) groups is 1. The molecule has 122 valence electrons. The largest absolute Gasteiger partial charge is 0.332 e. The van der Waals surface area contributed by atoms with Gasteiger partial charge < -0.3 is 10.6 Å². The van der Waals surface area contributed by atoms with Crippen molar-refractivity contribution in [3.8, 4) is 0 Å². The summed E-state index contributed by atoms with van der Waals surface area (Å²) in [5.74, 6) is -0.543. The van der Waals surface area contributed by atoms with Gasteiger partial charge in [-0.3, -0.25) is 4.79 Å². The van der Waals surface area contributed by atoms with Crippen molar-refractivity contribution >= 4 is 45.4 Å². The third-order valence-corrected chi connectivity index (χ3v) is 4.52. The topological polar surface area (TPSA) is 54.0 Å². The molecule has 0 radical (unpaired) electrons. The lowest BCUT2D eigenvalue weighted by Crippen LogP contribution is -2.11. The average Bonchev–Trinajstić information content (AvgIpc) is 2.92. The van der Waals surface area contributed by atoms with E-state index in [1.807, 2.05) is 0 Å². The number of halogens is 2. The van der Waals surface area contributed by atoms with Crippen LogP contribution in [0.25, 0.3) is 0 Å². The first kappa shape index (κ1) is 16.4. The zero-order valence-corrected chi connectivity index (χ0v) is 14.2. The van der Waals surface area contributed by atoms with E-state index in [0.29, 0.717) is 32.1 Å². The molecule has 4 nitrogen and oxygen atoms in total. The summed E-state index contributed by atoms with van der Waals surface area (Å²) >= 11 is 7.06. The van der Waals surface area contributed by atoms with Crippen LogP contribution in [0, 0.1) is 12.7 Å². The fourth-order valence-corrected chi connectivity index (χ4v) is 3.05. The molecule has 24 heavy (non-hydrogen) atoms. The molecule has 0 fully saturated rings. The molecule has 0 aliphatic carbocycles. The highest BCUT2D eigenvalue weighted by Gasteiger charge is 2.15. The fourth-order valence-electron chi connectivity index (χ4n) is 2.04. The predicted octanol–water partition coefficient (Wildman–Crippen LogP) is 5.24. The van der Waals surface area contributed by atoms with Gasteiger partial charge in [0.25, 0.3) is 5.91 Å². The second kappa shape index (κ2) is 6.98. The molecular formula is C17H13ClFN3OS. The number of benzene rings is 2. The van der Waals surface area contributed by atoms with Gasteiger partial charge in [0.2, 0.25) is 0 Å². The van der Waals surface area contributed by atoms with Crippen molar-refractivity contribution in [1.82, 2.24) is 4.98 Å². The van der Waals surface area contributed by atoms with Crippen molar-refractivity contribution in [3.63, 3.8) is 0 Å². The van der Waals surface area contributed by atoms with Gasteiger partial charge in [0.1, 0.15) is 10.7 Å². The first-order valence-corrected chi connectivity index (χ1v) is 8.27. The van der Waals surface area contributed by atoms with Crippen LogP contribution in [0.3, 0.4) is 0 Å². The van der Waals surface area contributed by atoms with Gasteiger partial charge in [0.15, 0.2) is 5.13 Å². The highest BCUT2D eigenvalue weighted by molar-refractivity contribution is 7.17. The van der Waals surface area contributed by atoms with Crippen molar-refractivity contribution < 1.29 is 9.18 Å². The fraction of sp³-hybridized carbons (Fsp3) is 0.0588. The maximum absolute atomic E-state index is 12.9. The van der Waals surface area contributed by atoms with Gasteiger partial charge in [-0.15, -0.1) is 0 Å². The number of nitrogens with zero attached hydrogens (tertiary/aromatic N) is 1. The molecule has 3 aromatic rings. The van der Waals surface area contributed by atoms with Gasteiger partial charge in [-0.25, -0.2) is 9.37 Å². The number of hydrogen-bond acceptors (Lipinski definition) is 4. The van der Waals surface area contributed by atoms with Crippen LogP contribution in [0.2, 0.25) is 5.02 Å². The van der Waals surface area contributed by atoms with Crippen LogP contribution in [0.5, 0.6) is 0 Å². The van der Waals surface area contributed by atoms with E-state index >= 15 is 0 Å². The van der Waals surface area contributed by atoms with Crippen LogP contribution < -0.4 is 10.6 Å². The molecule has 0 spiro atoms. The number of rotatable bonds is 4. The van der Waals surface area contributed by atoms with Crippen LogP contribution in [-0.2, 0) is 0 Å². The highest BCUT2D eigenvalue weighted by atomic mass is 35.5. The number of hydrogen-bond donors (Lipinski definition) is 2. The van der Waals surface area contributed by atoms with Gasteiger partial charge >= 0.3 is 0 Å². The molecule has 2 N–H and O–H groups in total. The van der Waals surface area contributed by atoms with Crippen LogP contribution in [0.1, 0.15) is 15.4 Å². The number of aryl methyl sites for hydroxylation is 1. The molecule has 0 aliphatic heterocycles. The Hall–Kier alpha value is -2.44. The molecule has 1 amide bonds. The molecule has 3 rings (SSSR count). The van der Waals surface area contributed by atoms with Crippen molar-refractivity contribution in [3.05, 3.63) is 69.9 Å². The van der Waals surface area contributed by atoms with Crippen molar-refractivity contribution in [1.29, 1.82) is 0 Å². The van der Waals surface area contributed by atoms with Gasteiger partial charge in [-0.05, 0) is 55.5 Å². The smallest absolute Gasteiger partial charge is 0.267 e. The molecule has 1 aromatic heterocycles. The molecule has 0 atom stereocenters. The normalized spacial score (nSPS) is 10.5. The van der Waals surface area contributed by atoms with E-state index in [9.17, 15) is 9.18 Å². The third-order valence-electron chi connectivity index (χ3n) is 3.20. The molecule has 1 heterocycles. The highest BCUT2D eigenvalue weighted by Crippen LogP contribution is 2.27. The Balaban J connectivity index is 1.74. The number of thiazole rings is 1. The number of amides is 1. The monoisotopic (exact) mass is 361 g/mol. The minimum Gasteiger partial charge on any atom is -0.332 e. The summed E-state index contributed by atoms with van der Waals surface area (Å²) in [5.41, 5.74) is 1.98. The van der Waals surface area contributed by atoms with Crippen LogP contribution in [0.4, 0.5) is 20.9 Å². The molecule has 7 heteroatoms. The molecule has 0 saturated carbocycles. The van der Waals surface area contributed by atoms with Crippen LogP contribution >= 0.6 is 22.9 Å². The maximum atomic E-state index is 12.9.